The van der Waals surface area contributed by atoms with E-state index in [1.54, 1.807) is 18.2 Å². The molecule has 4 heterocycles. The lowest BCUT2D eigenvalue weighted by Crippen LogP contribution is -2.79. The van der Waals surface area contributed by atoms with Gasteiger partial charge in [0.1, 0.15) is 5.75 Å². The first-order chi connectivity index (χ1) is 35.0. The van der Waals surface area contributed by atoms with Crippen molar-refractivity contribution in [2.75, 3.05) is 0 Å². The number of phenols is 5. The summed E-state index contributed by atoms with van der Waals surface area (Å²) in [7, 11) is 0. The van der Waals surface area contributed by atoms with Gasteiger partial charge < -0.3 is 46.3 Å². The van der Waals surface area contributed by atoms with E-state index in [1.807, 2.05) is 18.5 Å². The topological polar surface area (TPSA) is 174 Å². The van der Waals surface area contributed by atoms with Crippen LogP contribution in [0.5, 0.6) is 28.7 Å². The van der Waals surface area contributed by atoms with E-state index in [-0.39, 0.29) is 79.3 Å². The van der Waals surface area contributed by atoms with Crippen LogP contribution in [0.3, 0.4) is 0 Å². The van der Waals surface area contributed by atoms with Gasteiger partial charge in [0.2, 0.25) is 0 Å². The summed E-state index contributed by atoms with van der Waals surface area (Å²) >= 11 is 0. The molecule has 14 atom stereocenters. The number of hydrogen-bond donors (Lipinski definition) is 9. The molecule has 1 aromatic heterocycles. The van der Waals surface area contributed by atoms with Crippen LogP contribution in [0.2, 0.25) is 0 Å². The highest BCUT2D eigenvalue weighted by Crippen LogP contribution is 2.79. The summed E-state index contributed by atoms with van der Waals surface area (Å²) in [6.07, 6.45) is 36.3. The number of piperidine rings is 2. The highest BCUT2D eigenvalue weighted by molar-refractivity contribution is 6.03. The number of rotatable bonds is 7. The van der Waals surface area contributed by atoms with E-state index >= 15 is 0 Å². The third kappa shape index (κ3) is 6.21. The van der Waals surface area contributed by atoms with Gasteiger partial charge in [0.15, 0.2) is 23.0 Å². The lowest BCUT2D eigenvalue weighted by atomic mass is 9.31. The molecule has 2 saturated heterocycles. The molecule has 14 unspecified atom stereocenters. The summed E-state index contributed by atoms with van der Waals surface area (Å²) in [6, 6.07) is 19.5. The molecule has 3 aliphatic heterocycles. The number of imidazole rings is 1. The van der Waals surface area contributed by atoms with Gasteiger partial charge in [-0.15, -0.1) is 0 Å². The second-order valence-electron chi connectivity index (χ2n) is 24.6. The largest absolute Gasteiger partial charge is 0.507 e. The number of phenolic OH excluding ortho intramolecular Hbond substituents is 5. The van der Waals surface area contributed by atoms with Crippen LogP contribution in [0, 0.1) is 45.8 Å². The van der Waals surface area contributed by atoms with Gasteiger partial charge in [0, 0.05) is 52.5 Å². The fourth-order valence-electron chi connectivity index (χ4n) is 19.5. The smallest absolute Gasteiger partial charge is 0.169 e. The number of H-pyrrole nitrogens is 1. The Bertz CT molecular complexity index is 3060. The fraction of sp³-hybridized carbons (Fsp3) is 0.500. The minimum absolute atomic E-state index is 0.0619. The Balaban J connectivity index is 0.862. The molecule has 14 rings (SSSR count). The summed E-state index contributed by atoms with van der Waals surface area (Å²) in [5.74, 6) is 1.03. The van der Waals surface area contributed by atoms with E-state index in [1.165, 1.54) is 113 Å². The number of aromatic amines is 1. The van der Waals surface area contributed by atoms with Crippen LogP contribution in [0.4, 0.5) is 0 Å². The van der Waals surface area contributed by atoms with Gasteiger partial charge in [-0.1, -0.05) is 98.2 Å². The Hall–Kier alpha value is -5.55. The van der Waals surface area contributed by atoms with E-state index < -0.39 is 6.10 Å². The van der Waals surface area contributed by atoms with Crippen molar-refractivity contribution in [2.24, 2.45) is 45.8 Å². The van der Waals surface area contributed by atoms with Crippen LogP contribution in [0.25, 0.3) is 22.9 Å². The van der Waals surface area contributed by atoms with Crippen molar-refractivity contribution in [1.82, 2.24) is 20.6 Å². The molecule has 5 saturated carbocycles. The first-order valence-corrected chi connectivity index (χ1v) is 27.5. The van der Waals surface area contributed by atoms with E-state index in [4.69, 9.17) is 4.98 Å². The van der Waals surface area contributed by atoms with Crippen LogP contribution in [-0.4, -0.2) is 64.3 Å². The molecule has 2 bridgehead atoms. The summed E-state index contributed by atoms with van der Waals surface area (Å²) < 4.78 is 0. The van der Waals surface area contributed by atoms with Crippen molar-refractivity contribution >= 4 is 22.9 Å². The first-order valence-electron chi connectivity index (χ1n) is 27.5. The first kappa shape index (κ1) is 45.1. The normalized spacial score (nSPS) is 39.2. The number of aliphatic hydroxyl groups is 1. The van der Waals surface area contributed by atoms with Crippen molar-refractivity contribution in [3.8, 4) is 28.7 Å². The van der Waals surface area contributed by atoms with Crippen LogP contribution in [-0.2, 0) is 18.3 Å². The number of nitrogens with one attached hydrogen (secondary N) is 3. The molecular weight excluding hydrogens is 897 g/mol. The number of fused-ring (bicyclic) bond motifs is 6. The van der Waals surface area contributed by atoms with Gasteiger partial charge in [-0.05, 0) is 176 Å². The summed E-state index contributed by atoms with van der Waals surface area (Å²) in [5, 5.41) is 76.7. The fourth-order valence-corrected chi connectivity index (χ4v) is 19.5. The molecule has 72 heavy (non-hydrogen) atoms. The Kier molecular flexibility index (Phi) is 10.2. The minimum Gasteiger partial charge on any atom is -0.507 e. The standard InChI is InChI=1S/C62H70N4O6/c67-48-22-14-37(29-51(48)70)13-20-43-44-8-1-9-49(68)53(44)55(72)54(71)45(43)21-12-36-10-15-38(16-11-36)47-32-58(31-42-19-17-40-6-4-26-61(40,34-58)66-42)46-30-41-7-3-25-60(41)28-27-59-24-2-5-39(59)18-23-50(69)56(59)62(60,57(46)65-47)52-33-63-35-64-52/h1,8-11,13-20,22-23,29,33,35,39-42,46-47,50,56-57,65-72H,2-7,12,21,24-28,30-32,34H2,(H,63,64). The lowest BCUT2D eigenvalue weighted by molar-refractivity contribution is -0.220. The summed E-state index contributed by atoms with van der Waals surface area (Å²) in [4.78, 5) is 8.79. The van der Waals surface area contributed by atoms with Gasteiger partial charge in [0.05, 0.1) is 17.8 Å². The van der Waals surface area contributed by atoms with Crippen LogP contribution in [0.15, 0.2) is 97.5 Å². The third-order valence-corrected chi connectivity index (χ3v) is 21.9. The molecule has 374 valence electrons. The van der Waals surface area contributed by atoms with E-state index in [0.717, 1.165) is 18.4 Å². The summed E-state index contributed by atoms with van der Waals surface area (Å²) in [5.41, 5.74) is 5.55. The minimum atomic E-state index is -0.516. The maximum Gasteiger partial charge on any atom is 0.169 e. The Morgan fingerprint density at radius 2 is 1.57 bits per heavy atom. The van der Waals surface area contributed by atoms with Gasteiger partial charge in [-0.2, -0.15) is 0 Å². The van der Waals surface area contributed by atoms with Gasteiger partial charge in [0.25, 0.3) is 0 Å². The molecule has 0 radical (unpaired) electrons. The lowest BCUT2D eigenvalue weighted by Gasteiger charge is -2.75. The molecular formula is C62H70N4O6. The molecule has 4 aromatic carbocycles. The molecule has 10 nitrogen and oxygen atoms in total. The highest BCUT2D eigenvalue weighted by atomic mass is 16.3. The molecule has 7 fully saturated rings. The van der Waals surface area contributed by atoms with E-state index in [9.17, 15) is 30.6 Å². The Labute approximate surface area is 422 Å². The number of aromatic hydroxyl groups is 5. The zero-order chi connectivity index (χ0) is 48.8. The zero-order valence-corrected chi connectivity index (χ0v) is 41.2. The molecule has 4 spiro atoms. The number of benzene rings is 4. The molecule has 0 amide bonds. The maximum atomic E-state index is 12.9. The predicted octanol–water partition coefficient (Wildman–Crippen LogP) is 11.2. The molecule has 6 aliphatic carbocycles. The number of aromatic nitrogens is 2. The Morgan fingerprint density at radius 3 is 2.42 bits per heavy atom. The average Bonchev–Trinajstić information content (AvgIpc) is 4.22. The second-order valence-corrected chi connectivity index (χ2v) is 24.6. The highest BCUT2D eigenvalue weighted by Gasteiger charge is 2.78. The van der Waals surface area contributed by atoms with Crippen LogP contribution < -0.4 is 10.6 Å². The van der Waals surface area contributed by atoms with Crippen molar-refractivity contribution in [3.63, 3.8) is 0 Å². The number of hydrogen-bond acceptors (Lipinski definition) is 9. The molecule has 9 N–H and O–H groups in total. The van der Waals surface area contributed by atoms with Crippen molar-refractivity contribution in [2.45, 2.75) is 144 Å². The van der Waals surface area contributed by atoms with E-state index in [0.29, 0.717) is 64.6 Å². The van der Waals surface area contributed by atoms with Gasteiger partial charge >= 0.3 is 0 Å². The SMILES string of the molecule is Oc1ccc(C=Cc2c(CCc3ccc(C4CC5(CC6C=CC7CCCC7(C5)N6)C5CC6CCCC67CCC68CCCC6C=CC(O)C8C7(c6cnc[nH]6)C5N4)cc3)c(O)c(O)c3c(O)cccc23)cc1O. The maximum absolute atomic E-state index is 12.9. The molecule has 10 heteroatoms. The average molecular weight is 967 g/mol. The quantitative estimate of drug-likeness (QED) is 0.0437. The number of aliphatic hydroxyl groups excluding tert-OH is 1. The van der Waals surface area contributed by atoms with Gasteiger partial charge in [-0.25, -0.2) is 4.98 Å². The van der Waals surface area contributed by atoms with E-state index in [2.05, 4.69) is 70.4 Å². The summed E-state index contributed by atoms with van der Waals surface area (Å²) in [6.45, 7) is 0. The predicted molar refractivity (Wildman–Crippen MR) is 279 cm³/mol. The van der Waals surface area contributed by atoms with Crippen LogP contribution in [0.1, 0.15) is 136 Å². The second kappa shape index (κ2) is 16.2. The van der Waals surface area contributed by atoms with Crippen molar-refractivity contribution in [1.29, 1.82) is 0 Å². The van der Waals surface area contributed by atoms with Crippen LogP contribution >= 0.6 is 0 Å². The van der Waals surface area contributed by atoms with Crippen molar-refractivity contribution < 1.29 is 30.6 Å². The zero-order valence-electron chi connectivity index (χ0n) is 41.2. The molecule has 5 aromatic rings. The third-order valence-electron chi connectivity index (χ3n) is 21.9. The number of allylic oxidation sites excluding steroid dienone is 1. The van der Waals surface area contributed by atoms with Crippen molar-refractivity contribution in [3.05, 3.63) is 131 Å². The molecule has 9 aliphatic rings. The van der Waals surface area contributed by atoms with Gasteiger partial charge in [-0.3, -0.25) is 0 Å². The monoisotopic (exact) mass is 967 g/mol. The number of nitrogens with zero attached hydrogens (tertiary/aromatic N) is 1. The number of aryl methyl sites for hydroxylation is 1. The Morgan fingerprint density at radius 1 is 0.736 bits per heavy atom.